The van der Waals surface area contributed by atoms with Gasteiger partial charge in [0.05, 0.1) is 29.0 Å². The van der Waals surface area contributed by atoms with Crippen LogP contribution in [0.3, 0.4) is 0 Å². The minimum atomic E-state index is -3.65. The van der Waals surface area contributed by atoms with Crippen LogP contribution in [0.15, 0.2) is 71.9 Å². The Morgan fingerprint density at radius 3 is 2.38 bits per heavy atom. The molecule has 26 heavy (non-hydrogen) atoms. The van der Waals surface area contributed by atoms with Crippen molar-refractivity contribution < 1.29 is 8.42 Å². The number of aryl methyl sites for hydroxylation is 1. The lowest BCUT2D eigenvalue weighted by Crippen LogP contribution is -2.14. The van der Waals surface area contributed by atoms with Gasteiger partial charge in [-0.1, -0.05) is 25.1 Å². The van der Waals surface area contributed by atoms with Gasteiger partial charge in [0.1, 0.15) is 5.82 Å². The highest BCUT2D eigenvalue weighted by Gasteiger charge is 2.14. The summed E-state index contributed by atoms with van der Waals surface area (Å²) < 4.78 is 27.3. The van der Waals surface area contributed by atoms with Crippen LogP contribution in [-0.2, 0) is 23.0 Å². The highest BCUT2D eigenvalue weighted by molar-refractivity contribution is 7.92. The van der Waals surface area contributed by atoms with E-state index in [1.807, 2.05) is 37.3 Å². The normalized spacial score (nSPS) is 11.1. The number of aromatic nitrogens is 2. The Labute approximate surface area is 153 Å². The van der Waals surface area contributed by atoms with Crippen molar-refractivity contribution in [2.24, 2.45) is 0 Å². The van der Waals surface area contributed by atoms with E-state index in [4.69, 9.17) is 0 Å². The topological polar surface area (TPSA) is 84.0 Å². The number of pyridine rings is 2. The predicted octanol–water partition coefficient (Wildman–Crippen LogP) is 3.45. The maximum Gasteiger partial charge on any atom is 0.263 e. The quantitative estimate of drug-likeness (QED) is 0.667. The van der Waals surface area contributed by atoms with E-state index in [9.17, 15) is 8.42 Å². The van der Waals surface area contributed by atoms with Gasteiger partial charge in [0.25, 0.3) is 10.0 Å². The molecule has 3 rings (SSSR count). The van der Waals surface area contributed by atoms with E-state index in [0.29, 0.717) is 6.54 Å². The van der Waals surface area contributed by atoms with Crippen molar-refractivity contribution in [2.75, 3.05) is 10.0 Å². The van der Waals surface area contributed by atoms with E-state index in [1.165, 1.54) is 0 Å². The summed E-state index contributed by atoms with van der Waals surface area (Å²) >= 11 is 0. The molecule has 0 fully saturated rings. The van der Waals surface area contributed by atoms with Crippen LogP contribution in [-0.4, -0.2) is 18.4 Å². The van der Waals surface area contributed by atoms with Crippen LogP contribution in [0.5, 0.6) is 0 Å². The fraction of sp³-hybridized carbons (Fsp3) is 0.158. The molecular formula is C19H20N4O2S. The Balaban J connectivity index is 1.64. The molecule has 3 aromatic rings. The number of nitrogens with one attached hydrogen (secondary N) is 2. The first-order chi connectivity index (χ1) is 12.6. The molecular weight excluding hydrogens is 348 g/mol. The molecule has 0 aliphatic carbocycles. The minimum Gasteiger partial charge on any atom is -0.378 e. The Morgan fingerprint density at radius 1 is 0.962 bits per heavy atom. The van der Waals surface area contributed by atoms with E-state index in [-0.39, 0.29) is 10.7 Å². The molecule has 0 saturated carbocycles. The van der Waals surface area contributed by atoms with Crippen LogP contribution in [0.4, 0.5) is 11.5 Å². The first kappa shape index (κ1) is 17.9. The van der Waals surface area contributed by atoms with Gasteiger partial charge in [0.15, 0.2) is 0 Å². The maximum atomic E-state index is 12.4. The molecule has 6 nitrogen and oxygen atoms in total. The van der Waals surface area contributed by atoms with Crippen molar-refractivity contribution in [1.82, 2.24) is 9.97 Å². The fourth-order valence-electron chi connectivity index (χ4n) is 2.36. The molecule has 0 spiro atoms. The van der Waals surface area contributed by atoms with Gasteiger partial charge in [-0.05, 0) is 48.4 Å². The highest BCUT2D eigenvalue weighted by Crippen LogP contribution is 2.17. The van der Waals surface area contributed by atoms with Gasteiger partial charge < -0.3 is 5.32 Å². The molecule has 7 heteroatoms. The van der Waals surface area contributed by atoms with Crippen molar-refractivity contribution >= 4 is 21.5 Å². The van der Waals surface area contributed by atoms with Crippen molar-refractivity contribution in [3.63, 3.8) is 0 Å². The first-order valence-corrected chi connectivity index (χ1v) is 9.77. The third-order valence-electron chi connectivity index (χ3n) is 3.84. The summed E-state index contributed by atoms with van der Waals surface area (Å²) in [5.41, 5.74) is 2.78. The number of hydrogen-bond acceptors (Lipinski definition) is 5. The average molecular weight is 368 g/mol. The number of benzene rings is 1. The number of rotatable bonds is 7. The zero-order chi connectivity index (χ0) is 18.4. The molecule has 0 unspecified atom stereocenters. The van der Waals surface area contributed by atoms with Crippen molar-refractivity contribution in [2.45, 2.75) is 24.8 Å². The second-order valence-electron chi connectivity index (χ2n) is 5.71. The van der Waals surface area contributed by atoms with Crippen molar-refractivity contribution in [3.05, 3.63) is 78.2 Å². The summed E-state index contributed by atoms with van der Waals surface area (Å²) in [6, 6.07) is 15.9. The van der Waals surface area contributed by atoms with Gasteiger partial charge >= 0.3 is 0 Å². The molecule has 0 saturated heterocycles. The van der Waals surface area contributed by atoms with E-state index in [0.717, 1.165) is 23.4 Å². The molecule has 0 amide bonds. The number of anilines is 2. The second kappa shape index (κ2) is 7.97. The summed E-state index contributed by atoms with van der Waals surface area (Å²) in [4.78, 5) is 8.61. The molecule has 0 aliphatic heterocycles. The number of hydrogen-bond donors (Lipinski definition) is 2. The van der Waals surface area contributed by atoms with Gasteiger partial charge in [-0.3, -0.25) is 9.71 Å². The maximum absolute atomic E-state index is 12.4. The van der Waals surface area contributed by atoms with Gasteiger partial charge in [-0.2, -0.15) is 0 Å². The van der Waals surface area contributed by atoms with E-state index < -0.39 is 10.0 Å². The standard InChI is InChI=1S/C19H20N4O2S/c1-2-15-6-9-18(10-7-15)26(24,25)23-19-11-8-17(14-22-19)21-13-16-5-3-4-12-20-16/h3-12,14,21H,2,13H2,1H3,(H,22,23). The molecule has 0 bridgehead atoms. The molecule has 1 aromatic carbocycles. The van der Waals surface area contributed by atoms with Crippen LogP contribution in [0.25, 0.3) is 0 Å². The van der Waals surface area contributed by atoms with Crippen LogP contribution in [0.1, 0.15) is 18.2 Å². The Kier molecular flexibility index (Phi) is 5.48. The SMILES string of the molecule is CCc1ccc(S(=O)(=O)Nc2ccc(NCc3ccccn3)cn2)cc1. The Hall–Kier alpha value is -2.93. The molecule has 134 valence electrons. The van der Waals surface area contributed by atoms with E-state index in [1.54, 1.807) is 36.7 Å². The van der Waals surface area contributed by atoms with Crippen molar-refractivity contribution in [3.8, 4) is 0 Å². The van der Waals surface area contributed by atoms with E-state index >= 15 is 0 Å². The lowest BCUT2D eigenvalue weighted by atomic mass is 10.2. The highest BCUT2D eigenvalue weighted by atomic mass is 32.2. The predicted molar refractivity (Wildman–Crippen MR) is 102 cm³/mol. The third-order valence-corrected chi connectivity index (χ3v) is 5.21. The molecule has 0 radical (unpaired) electrons. The number of sulfonamides is 1. The molecule has 0 atom stereocenters. The summed E-state index contributed by atoms with van der Waals surface area (Å²) in [5, 5.41) is 3.19. The van der Waals surface area contributed by atoms with Gasteiger partial charge in [0.2, 0.25) is 0 Å². The fourth-order valence-corrected chi connectivity index (χ4v) is 3.36. The summed E-state index contributed by atoms with van der Waals surface area (Å²) in [5.74, 6) is 0.271. The monoisotopic (exact) mass is 368 g/mol. The van der Waals surface area contributed by atoms with Gasteiger partial charge in [-0.15, -0.1) is 0 Å². The molecule has 2 heterocycles. The lowest BCUT2D eigenvalue weighted by molar-refractivity contribution is 0.601. The van der Waals surface area contributed by atoms with Gasteiger partial charge in [0, 0.05) is 6.20 Å². The largest absolute Gasteiger partial charge is 0.378 e. The summed E-state index contributed by atoms with van der Waals surface area (Å²) in [6.07, 6.45) is 4.18. The van der Waals surface area contributed by atoms with Crippen LogP contribution < -0.4 is 10.0 Å². The zero-order valence-electron chi connectivity index (χ0n) is 14.4. The zero-order valence-corrected chi connectivity index (χ0v) is 15.2. The van der Waals surface area contributed by atoms with Gasteiger partial charge in [-0.25, -0.2) is 13.4 Å². The minimum absolute atomic E-state index is 0.217. The van der Waals surface area contributed by atoms with Crippen LogP contribution in [0, 0.1) is 0 Å². The molecule has 2 N–H and O–H groups in total. The number of nitrogens with zero attached hydrogens (tertiary/aromatic N) is 2. The second-order valence-corrected chi connectivity index (χ2v) is 7.39. The summed E-state index contributed by atoms with van der Waals surface area (Å²) in [7, 11) is -3.65. The van der Waals surface area contributed by atoms with Crippen LogP contribution >= 0.6 is 0 Å². The molecule has 0 aliphatic rings. The molecule has 2 aromatic heterocycles. The Bertz CT molecular complexity index is 941. The van der Waals surface area contributed by atoms with Crippen LogP contribution in [0.2, 0.25) is 0 Å². The Morgan fingerprint density at radius 2 is 1.77 bits per heavy atom. The third kappa shape index (κ3) is 4.58. The van der Waals surface area contributed by atoms with E-state index in [2.05, 4.69) is 20.0 Å². The lowest BCUT2D eigenvalue weighted by Gasteiger charge is -2.09. The summed E-state index contributed by atoms with van der Waals surface area (Å²) in [6.45, 7) is 2.59. The average Bonchev–Trinajstić information content (AvgIpc) is 2.68. The smallest absolute Gasteiger partial charge is 0.263 e. The first-order valence-electron chi connectivity index (χ1n) is 8.28. The van der Waals surface area contributed by atoms with Crippen molar-refractivity contribution in [1.29, 1.82) is 0 Å².